The Balaban J connectivity index is 1.13. The third-order valence-electron chi connectivity index (χ3n) is 10.1. The molecule has 0 spiro atoms. The molecule has 1 saturated carbocycles. The van der Waals surface area contributed by atoms with Crippen LogP contribution in [-0.4, -0.2) is 104 Å². The number of hydrogen-bond acceptors (Lipinski definition) is 8. The number of benzene rings is 2. The minimum absolute atomic E-state index is 0.0202. The number of rotatable bonds is 14. The van der Waals surface area contributed by atoms with E-state index in [1.54, 1.807) is 53.4 Å². The zero-order valence-electron chi connectivity index (χ0n) is 28.9. The van der Waals surface area contributed by atoms with Crippen LogP contribution in [0.1, 0.15) is 78.6 Å². The smallest absolute Gasteiger partial charge is 0.303 e. The predicted octanol–water partition coefficient (Wildman–Crippen LogP) is 3.00. The Bertz CT molecular complexity index is 1770. The van der Waals surface area contributed by atoms with Gasteiger partial charge in [0, 0.05) is 49.6 Å². The summed E-state index contributed by atoms with van der Waals surface area (Å²) in [6.45, 7) is 0.616. The zero-order chi connectivity index (χ0) is 36.6. The molecule has 2 aliphatic heterocycles. The zero-order valence-corrected chi connectivity index (χ0v) is 28.9. The molecule has 3 heterocycles. The van der Waals surface area contributed by atoms with Crippen LogP contribution in [0.15, 0.2) is 66.7 Å². The van der Waals surface area contributed by atoms with Gasteiger partial charge in [-0.1, -0.05) is 48.5 Å². The number of ketones is 1. The van der Waals surface area contributed by atoms with E-state index < -0.39 is 36.5 Å². The predicted molar refractivity (Wildman–Crippen MR) is 188 cm³/mol. The molecule has 52 heavy (non-hydrogen) atoms. The largest absolute Gasteiger partial charge is 0.481 e. The van der Waals surface area contributed by atoms with Crippen LogP contribution >= 0.6 is 0 Å². The summed E-state index contributed by atoms with van der Waals surface area (Å²) < 4.78 is 7.31. The first-order valence-corrected chi connectivity index (χ1v) is 18.0. The summed E-state index contributed by atoms with van der Waals surface area (Å²) in [5.41, 5.74) is 1.06. The van der Waals surface area contributed by atoms with Crippen molar-refractivity contribution in [1.29, 1.82) is 0 Å². The van der Waals surface area contributed by atoms with Crippen molar-refractivity contribution in [3.63, 3.8) is 0 Å². The number of carbonyl (C=O) groups excluding carboxylic acids is 5. The Morgan fingerprint density at radius 1 is 0.865 bits per heavy atom. The van der Waals surface area contributed by atoms with Crippen LogP contribution in [0.4, 0.5) is 0 Å². The lowest BCUT2D eigenvalue weighted by Gasteiger charge is -2.34. The minimum atomic E-state index is -1.16. The molecule has 2 aromatic carbocycles. The number of Topliss-reactive ketones (excluding diaryl/α,β-unsaturated/α-hetero) is 1. The molecule has 1 aliphatic carbocycles. The van der Waals surface area contributed by atoms with Gasteiger partial charge in [0.2, 0.25) is 17.7 Å². The van der Waals surface area contributed by atoms with Crippen LogP contribution in [0.3, 0.4) is 0 Å². The highest BCUT2D eigenvalue weighted by Gasteiger charge is 2.36. The van der Waals surface area contributed by atoms with E-state index in [0.717, 1.165) is 19.3 Å². The van der Waals surface area contributed by atoms with E-state index in [4.69, 9.17) is 4.74 Å². The summed E-state index contributed by atoms with van der Waals surface area (Å²) in [5, 5.41) is 19.5. The maximum absolute atomic E-state index is 13.7. The van der Waals surface area contributed by atoms with E-state index >= 15 is 0 Å². The molecule has 2 saturated heterocycles. The van der Waals surface area contributed by atoms with E-state index in [-0.39, 0.29) is 67.1 Å². The quantitative estimate of drug-likeness (QED) is 0.212. The SMILES string of the molecule is O=C(O)CC[C@H](NC(=O)c1cc(OCC(=O)N2CCC[C@H]2C(=O)NC2CCC2)n(-c2ccccc2)n1)C(=O)N1CCC(C(=O)c2ccccc2)CC1. The molecule has 3 aliphatic rings. The molecule has 6 rings (SSSR count). The van der Waals surface area contributed by atoms with E-state index in [9.17, 15) is 33.9 Å². The number of ether oxygens (including phenoxy) is 1. The van der Waals surface area contributed by atoms with Crippen LogP contribution in [-0.2, 0) is 19.2 Å². The molecule has 0 radical (unpaired) electrons. The number of carboxylic acid groups (broad SMARTS) is 1. The molecule has 14 heteroatoms. The highest BCUT2D eigenvalue weighted by atomic mass is 16.5. The minimum Gasteiger partial charge on any atom is -0.481 e. The van der Waals surface area contributed by atoms with Crippen LogP contribution in [0, 0.1) is 5.92 Å². The van der Waals surface area contributed by atoms with Crippen molar-refractivity contribution in [3.05, 3.63) is 78.0 Å². The Morgan fingerprint density at radius 2 is 1.56 bits per heavy atom. The summed E-state index contributed by atoms with van der Waals surface area (Å²) in [5.74, 6) is -2.93. The molecule has 14 nitrogen and oxygen atoms in total. The van der Waals surface area contributed by atoms with Gasteiger partial charge in [0.05, 0.1) is 5.69 Å². The number of nitrogens with zero attached hydrogens (tertiary/aromatic N) is 4. The number of carbonyl (C=O) groups is 6. The van der Waals surface area contributed by atoms with Crippen molar-refractivity contribution in [2.24, 2.45) is 5.92 Å². The molecule has 0 unspecified atom stereocenters. The fourth-order valence-corrected chi connectivity index (χ4v) is 6.92. The average Bonchev–Trinajstić information content (AvgIpc) is 3.82. The average molecular weight is 713 g/mol. The van der Waals surface area contributed by atoms with Gasteiger partial charge in [-0.15, -0.1) is 0 Å². The van der Waals surface area contributed by atoms with Crippen LogP contribution in [0.25, 0.3) is 5.69 Å². The van der Waals surface area contributed by atoms with Gasteiger partial charge in [0.25, 0.3) is 11.8 Å². The van der Waals surface area contributed by atoms with Crippen molar-refractivity contribution in [2.75, 3.05) is 26.2 Å². The first-order valence-electron chi connectivity index (χ1n) is 18.0. The standard InChI is InChI=1S/C38H44N6O8/c45-32(43-20-8-15-31(43)37(50)39-27-11-7-12-27)24-52-33-23-30(41-44(33)28-13-5-2-6-14-28)36(49)40-29(16-17-34(46)47)38(51)42-21-18-26(19-22-42)35(48)25-9-3-1-4-10-25/h1-6,9-10,13-14,23,26-27,29,31H,7-8,11-12,15-22,24H2,(H,39,50)(H,40,49)(H,46,47)/t29-,31-/m0/s1. The maximum atomic E-state index is 13.7. The summed E-state index contributed by atoms with van der Waals surface area (Å²) in [6, 6.07) is 17.7. The molecule has 0 bridgehead atoms. The fourth-order valence-electron chi connectivity index (χ4n) is 6.92. The first kappa shape index (κ1) is 36.3. The lowest BCUT2D eigenvalue weighted by atomic mass is 9.88. The molecule has 3 aromatic rings. The fraction of sp³-hybridized carbons (Fsp3) is 0.447. The van der Waals surface area contributed by atoms with Crippen molar-refractivity contribution in [3.8, 4) is 11.6 Å². The Kier molecular flexibility index (Phi) is 11.6. The van der Waals surface area contributed by atoms with Crippen molar-refractivity contribution >= 4 is 35.4 Å². The van der Waals surface area contributed by atoms with Gasteiger partial charge in [-0.25, -0.2) is 4.68 Å². The highest BCUT2D eigenvalue weighted by Crippen LogP contribution is 2.25. The van der Waals surface area contributed by atoms with Gasteiger partial charge in [-0.3, -0.25) is 28.8 Å². The second-order valence-corrected chi connectivity index (χ2v) is 13.6. The normalized spacial score (nSPS) is 18.3. The summed E-state index contributed by atoms with van der Waals surface area (Å²) in [6.07, 6.45) is 4.63. The second kappa shape index (κ2) is 16.7. The van der Waals surface area contributed by atoms with Crippen molar-refractivity contribution < 1.29 is 38.6 Å². The van der Waals surface area contributed by atoms with E-state index in [2.05, 4.69) is 15.7 Å². The number of para-hydroxylation sites is 1. The number of aliphatic carboxylic acids is 1. The molecule has 1 aromatic heterocycles. The maximum Gasteiger partial charge on any atom is 0.303 e. The number of amides is 4. The van der Waals surface area contributed by atoms with Gasteiger partial charge < -0.3 is 30.3 Å². The molecule has 3 N–H and O–H groups in total. The van der Waals surface area contributed by atoms with Gasteiger partial charge >= 0.3 is 5.97 Å². The number of piperidine rings is 1. The molecular formula is C38H44N6O8. The lowest BCUT2D eigenvalue weighted by Crippen LogP contribution is -2.51. The number of nitrogens with one attached hydrogen (secondary N) is 2. The van der Waals surface area contributed by atoms with Crippen LogP contribution < -0.4 is 15.4 Å². The van der Waals surface area contributed by atoms with Crippen molar-refractivity contribution in [1.82, 2.24) is 30.2 Å². The monoisotopic (exact) mass is 712 g/mol. The molecule has 2 atom stereocenters. The van der Waals surface area contributed by atoms with Crippen LogP contribution in [0.2, 0.25) is 0 Å². The first-order chi connectivity index (χ1) is 25.2. The topological polar surface area (TPSA) is 180 Å². The van der Waals surface area contributed by atoms with Crippen LogP contribution in [0.5, 0.6) is 5.88 Å². The number of likely N-dealkylation sites (tertiary alicyclic amines) is 2. The Labute approximate surface area is 301 Å². The highest BCUT2D eigenvalue weighted by molar-refractivity contribution is 5.98. The van der Waals surface area contributed by atoms with E-state index in [1.165, 1.54) is 15.6 Å². The summed E-state index contributed by atoms with van der Waals surface area (Å²) in [4.78, 5) is 81.1. The number of aromatic nitrogens is 2. The summed E-state index contributed by atoms with van der Waals surface area (Å²) >= 11 is 0. The number of carboxylic acids is 1. The lowest BCUT2D eigenvalue weighted by molar-refractivity contribution is -0.140. The number of hydrogen-bond donors (Lipinski definition) is 3. The Morgan fingerprint density at radius 3 is 2.21 bits per heavy atom. The second-order valence-electron chi connectivity index (χ2n) is 13.6. The third kappa shape index (κ3) is 8.67. The molecule has 3 fully saturated rings. The van der Waals surface area contributed by atoms with E-state index in [0.29, 0.717) is 43.5 Å². The molecular weight excluding hydrogens is 668 g/mol. The van der Waals surface area contributed by atoms with Gasteiger partial charge in [-0.2, -0.15) is 5.10 Å². The van der Waals surface area contributed by atoms with Gasteiger partial charge in [0.1, 0.15) is 12.1 Å². The molecule has 4 amide bonds. The van der Waals surface area contributed by atoms with E-state index in [1.807, 2.05) is 12.1 Å². The van der Waals surface area contributed by atoms with Crippen molar-refractivity contribution in [2.45, 2.75) is 75.9 Å². The van der Waals surface area contributed by atoms with Gasteiger partial charge in [-0.05, 0) is 63.5 Å². The van der Waals surface area contributed by atoms with Gasteiger partial charge in [0.15, 0.2) is 18.1 Å². The third-order valence-corrected chi connectivity index (χ3v) is 10.1. The summed E-state index contributed by atoms with van der Waals surface area (Å²) in [7, 11) is 0. The Hall–Kier alpha value is -5.53. The molecule has 274 valence electrons.